The maximum absolute atomic E-state index is 12.8. The molecular formula is C15H24FN. The zero-order valence-corrected chi connectivity index (χ0v) is 11.2. The second kappa shape index (κ2) is 7.44. The van der Waals surface area contributed by atoms with Crippen molar-refractivity contribution in [2.75, 3.05) is 6.54 Å². The summed E-state index contributed by atoms with van der Waals surface area (Å²) in [6.07, 6.45) is 3.32. The molecule has 1 N–H and O–H groups in total. The van der Waals surface area contributed by atoms with Crippen LogP contribution in [0.1, 0.15) is 39.2 Å². The van der Waals surface area contributed by atoms with Crippen LogP contribution in [0.15, 0.2) is 24.3 Å². The Balaban J connectivity index is 2.51. The van der Waals surface area contributed by atoms with Crippen LogP contribution in [0.3, 0.4) is 0 Å². The van der Waals surface area contributed by atoms with Gasteiger partial charge in [-0.15, -0.1) is 0 Å². The molecule has 0 saturated carbocycles. The average Bonchev–Trinajstić information content (AvgIpc) is 2.33. The van der Waals surface area contributed by atoms with Crippen molar-refractivity contribution in [3.05, 3.63) is 35.6 Å². The van der Waals surface area contributed by atoms with E-state index in [0.717, 1.165) is 19.4 Å². The minimum atomic E-state index is -0.155. The van der Waals surface area contributed by atoms with E-state index < -0.39 is 0 Å². The highest BCUT2D eigenvalue weighted by molar-refractivity contribution is 5.16. The van der Waals surface area contributed by atoms with Gasteiger partial charge in [0.1, 0.15) is 5.82 Å². The Bertz CT molecular complexity index is 307. The number of hydrogen-bond donors (Lipinski definition) is 1. The normalized spacial score (nSPS) is 14.6. The Morgan fingerprint density at radius 2 is 1.82 bits per heavy atom. The van der Waals surface area contributed by atoms with Gasteiger partial charge in [-0.25, -0.2) is 4.39 Å². The molecule has 1 aromatic carbocycles. The standard InChI is InChI=1S/C15H24FN/c1-4-10-17-15(5-2)12(3)11-13-6-8-14(16)9-7-13/h6-9,12,15,17H,4-5,10-11H2,1-3H3. The Kier molecular flexibility index (Phi) is 6.20. The maximum Gasteiger partial charge on any atom is 0.123 e. The second-order valence-electron chi connectivity index (χ2n) is 4.78. The quantitative estimate of drug-likeness (QED) is 0.761. The van der Waals surface area contributed by atoms with Crippen molar-refractivity contribution in [3.8, 4) is 0 Å². The van der Waals surface area contributed by atoms with Gasteiger partial charge in [-0.3, -0.25) is 0 Å². The molecule has 0 aliphatic carbocycles. The average molecular weight is 237 g/mol. The molecule has 0 aliphatic heterocycles. The summed E-state index contributed by atoms with van der Waals surface area (Å²) in [6.45, 7) is 7.74. The third kappa shape index (κ3) is 4.86. The molecule has 0 radical (unpaired) electrons. The molecule has 0 amide bonds. The molecule has 2 atom stereocenters. The Morgan fingerprint density at radius 1 is 1.18 bits per heavy atom. The Morgan fingerprint density at radius 3 is 2.35 bits per heavy atom. The van der Waals surface area contributed by atoms with E-state index in [1.165, 1.54) is 12.0 Å². The molecule has 0 aliphatic rings. The van der Waals surface area contributed by atoms with Crippen LogP contribution in [0.5, 0.6) is 0 Å². The Labute approximate surface area is 104 Å². The summed E-state index contributed by atoms with van der Waals surface area (Å²) in [5.41, 5.74) is 1.22. The van der Waals surface area contributed by atoms with Gasteiger partial charge in [-0.2, -0.15) is 0 Å². The van der Waals surface area contributed by atoms with Crippen molar-refractivity contribution >= 4 is 0 Å². The van der Waals surface area contributed by atoms with E-state index in [-0.39, 0.29) is 5.82 Å². The molecule has 1 aromatic rings. The summed E-state index contributed by atoms with van der Waals surface area (Å²) in [6, 6.07) is 7.42. The molecule has 0 spiro atoms. The van der Waals surface area contributed by atoms with E-state index >= 15 is 0 Å². The lowest BCUT2D eigenvalue weighted by atomic mass is 9.92. The first-order valence-corrected chi connectivity index (χ1v) is 6.65. The molecule has 0 bridgehead atoms. The molecular weight excluding hydrogens is 213 g/mol. The van der Waals surface area contributed by atoms with Crippen molar-refractivity contribution in [1.29, 1.82) is 0 Å². The molecule has 0 saturated heterocycles. The first-order valence-electron chi connectivity index (χ1n) is 6.65. The van der Waals surface area contributed by atoms with Gasteiger partial charge in [0.2, 0.25) is 0 Å². The predicted octanol–water partition coefficient (Wildman–Crippen LogP) is 3.78. The number of benzene rings is 1. The van der Waals surface area contributed by atoms with E-state index in [4.69, 9.17) is 0 Å². The summed E-state index contributed by atoms with van der Waals surface area (Å²) in [4.78, 5) is 0. The first kappa shape index (κ1) is 14.2. The molecule has 0 fully saturated rings. The van der Waals surface area contributed by atoms with E-state index in [2.05, 4.69) is 26.1 Å². The fourth-order valence-electron chi connectivity index (χ4n) is 2.21. The lowest BCUT2D eigenvalue weighted by Crippen LogP contribution is -2.35. The van der Waals surface area contributed by atoms with Crippen LogP contribution in [0.25, 0.3) is 0 Å². The topological polar surface area (TPSA) is 12.0 Å². The van der Waals surface area contributed by atoms with Crippen LogP contribution in [0.4, 0.5) is 4.39 Å². The van der Waals surface area contributed by atoms with Gasteiger partial charge < -0.3 is 5.32 Å². The lowest BCUT2D eigenvalue weighted by molar-refractivity contribution is 0.364. The third-order valence-corrected chi connectivity index (χ3v) is 3.25. The van der Waals surface area contributed by atoms with E-state index in [1.54, 1.807) is 12.1 Å². The first-order chi connectivity index (χ1) is 8.17. The van der Waals surface area contributed by atoms with Crippen molar-refractivity contribution in [2.24, 2.45) is 5.92 Å². The molecule has 0 heterocycles. The maximum atomic E-state index is 12.8. The van der Waals surface area contributed by atoms with Crippen molar-refractivity contribution in [2.45, 2.75) is 46.1 Å². The predicted molar refractivity (Wildman–Crippen MR) is 71.6 cm³/mol. The van der Waals surface area contributed by atoms with Crippen LogP contribution < -0.4 is 5.32 Å². The van der Waals surface area contributed by atoms with Crippen molar-refractivity contribution in [1.82, 2.24) is 5.32 Å². The third-order valence-electron chi connectivity index (χ3n) is 3.25. The van der Waals surface area contributed by atoms with E-state index in [9.17, 15) is 4.39 Å². The summed E-state index contributed by atoms with van der Waals surface area (Å²) in [5, 5.41) is 3.58. The fraction of sp³-hybridized carbons (Fsp3) is 0.600. The lowest BCUT2D eigenvalue weighted by Gasteiger charge is -2.24. The van der Waals surface area contributed by atoms with Crippen LogP contribution in [-0.2, 0) is 6.42 Å². The summed E-state index contributed by atoms with van der Waals surface area (Å²) >= 11 is 0. The highest BCUT2D eigenvalue weighted by Crippen LogP contribution is 2.15. The zero-order valence-electron chi connectivity index (χ0n) is 11.2. The van der Waals surface area contributed by atoms with Crippen LogP contribution in [-0.4, -0.2) is 12.6 Å². The molecule has 96 valence electrons. The molecule has 1 rings (SSSR count). The number of nitrogens with one attached hydrogen (secondary N) is 1. The molecule has 1 nitrogen and oxygen atoms in total. The monoisotopic (exact) mass is 237 g/mol. The van der Waals surface area contributed by atoms with Gasteiger partial charge in [0, 0.05) is 6.04 Å². The summed E-state index contributed by atoms with van der Waals surface area (Å²) < 4.78 is 12.8. The molecule has 2 heteroatoms. The van der Waals surface area contributed by atoms with Crippen LogP contribution in [0, 0.1) is 11.7 Å². The summed E-state index contributed by atoms with van der Waals surface area (Å²) in [7, 11) is 0. The number of hydrogen-bond acceptors (Lipinski definition) is 1. The smallest absolute Gasteiger partial charge is 0.123 e. The van der Waals surface area contributed by atoms with Gasteiger partial charge in [-0.05, 0) is 49.4 Å². The van der Waals surface area contributed by atoms with Crippen LogP contribution >= 0.6 is 0 Å². The molecule has 17 heavy (non-hydrogen) atoms. The minimum absolute atomic E-state index is 0.155. The van der Waals surface area contributed by atoms with Crippen LogP contribution in [0.2, 0.25) is 0 Å². The SMILES string of the molecule is CCCNC(CC)C(C)Cc1ccc(F)cc1. The van der Waals surface area contributed by atoms with Crippen molar-refractivity contribution in [3.63, 3.8) is 0 Å². The second-order valence-corrected chi connectivity index (χ2v) is 4.78. The van der Waals surface area contributed by atoms with E-state index in [0.29, 0.717) is 12.0 Å². The van der Waals surface area contributed by atoms with Gasteiger partial charge in [0.25, 0.3) is 0 Å². The zero-order chi connectivity index (χ0) is 12.7. The van der Waals surface area contributed by atoms with Crippen molar-refractivity contribution < 1.29 is 4.39 Å². The number of halogens is 1. The van der Waals surface area contributed by atoms with Gasteiger partial charge >= 0.3 is 0 Å². The Hall–Kier alpha value is -0.890. The van der Waals surface area contributed by atoms with Gasteiger partial charge in [-0.1, -0.05) is 32.9 Å². The minimum Gasteiger partial charge on any atom is -0.314 e. The summed E-state index contributed by atoms with van der Waals surface area (Å²) in [5.74, 6) is 0.426. The van der Waals surface area contributed by atoms with Gasteiger partial charge in [0.15, 0.2) is 0 Å². The van der Waals surface area contributed by atoms with E-state index in [1.807, 2.05) is 12.1 Å². The number of rotatable bonds is 7. The van der Waals surface area contributed by atoms with Gasteiger partial charge in [0.05, 0.1) is 0 Å². The fourth-order valence-corrected chi connectivity index (χ4v) is 2.21. The highest BCUT2D eigenvalue weighted by atomic mass is 19.1. The highest BCUT2D eigenvalue weighted by Gasteiger charge is 2.14. The largest absolute Gasteiger partial charge is 0.314 e. The molecule has 0 aromatic heterocycles. The molecule has 2 unspecified atom stereocenters.